The Hall–Kier alpha value is -0.820. The predicted molar refractivity (Wildman–Crippen MR) is 75.2 cm³/mol. The van der Waals surface area contributed by atoms with Gasteiger partial charge in [0, 0.05) is 30.2 Å². The standard InChI is InChI=1S/C13H20F3N3S/c1-3-17-9(2)11-8-18-12(20-11)19-6-4-10(5-7-19)13(14,15)16/h8-10,17H,3-7H2,1-2H3. The van der Waals surface area contributed by atoms with Crippen LogP contribution in [0, 0.1) is 5.92 Å². The lowest BCUT2D eigenvalue weighted by molar-refractivity contribution is -0.179. The minimum atomic E-state index is -4.06. The molecule has 1 aliphatic heterocycles. The molecule has 1 N–H and O–H groups in total. The molecule has 7 heteroatoms. The Morgan fingerprint density at radius 3 is 2.65 bits per heavy atom. The van der Waals surface area contributed by atoms with Crippen LogP contribution < -0.4 is 10.2 Å². The topological polar surface area (TPSA) is 28.2 Å². The van der Waals surface area contributed by atoms with Crippen LogP contribution in [0.4, 0.5) is 18.3 Å². The number of hydrogen-bond donors (Lipinski definition) is 1. The number of nitrogens with one attached hydrogen (secondary N) is 1. The number of hydrogen-bond acceptors (Lipinski definition) is 4. The van der Waals surface area contributed by atoms with Gasteiger partial charge < -0.3 is 10.2 Å². The molecule has 2 rings (SSSR count). The molecule has 0 spiro atoms. The average Bonchev–Trinajstić information content (AvgIpc) is 2.88. The van der Waals surface area contributed by atoms with Crippen molar-refractivity contribution in [3.8, 4) is 0 Å². The third kappa shape index (κ3) is 3.63. The van der Waals surface area contributed by atoms with Gasteiger partial charge in [0.2, 0.25) is 0 Å². The molecule has 0 aliphatic carbocycles. The molecule has 1 aromatic heterocycles. The first-order valence-electron chi connectivity index (χ1n) is 6.92. The molecule has 1 aromatic rings. The van der Waals surface area contributed by atoms with Crippen molar-refractivity contribution in [1.82, 2.24) is 10.3 Å². The van der Waals surface area contributed by atoms with Crippen molar-refractivity contribution in [3.05, 3.63) is 11.1 Å². The van der Waals surface area contributed by atoms with Crippen LogP contribution in [0.15, 0.2) is 6.20 Å². The van der Waals surface area contributed by atoms with E-state index in [9.17, 15) is 13.2 Å². The summed E-state index contributed by atoms with van der Waals surface area (Å²) in [5.41, 5.74) is 0. The van der Waals surface area contributed by atoms with E-state index >= 15 is 0 Å². The molecule has 114 valence electrons. The fourth-order valence-electron chi connectivity index (χ4n) is 2.43. The normalized spacial score (nSPS) is 19.4. The first-order valence-corrected chi connectivity index (χ1v) is 7.74. The number of anilines is 1. The van der Waals surface area contributed by atoms with Crippen LogP contribution in [0.3, 0.4) is 0 Å². The van der Waals surface area contributed by atoms with Crippen molar-refractivity contribution >= 4 is 16.5 Å². The second-order valence-electron chi connectivity index (χ2n) is 5.13. The zero-order chi connectivity index (χ0) is 14.8. The number of aromatic nitrogens is 1. The summed E-state index contributed by atoms with van der Waals surface area (Å²) in [5, 5.41) is 4.15. The lowest BCUT2D eigenvalue weighted by atomic mass is 9.97. The highest BCUT2D eigenvalue weighted by molar-refractivity contribution is 7.15. The Morgan fingerprint density at radius 1 is 1.45 bits per heavy atom. The second-order valence-corrected chi connectivity index (χ2v) is 6.17. The van der Waals surface area contributed by atoms with Gasteiger partial charge in [-0.3, -0.25) is 0 Å². The van der Waals surface area contributed by atoms with Gasteiger partial charge in [0.15, 0.2) is 5.13 Å². The molecule has 0 bridgehead atoms. The van der Waals surface area contributed by atoms with E-state index in [1.54, 1.807) is 11.3 Å². The number of thiazole rings is 1. The van der Waals surface area contributed by atoms with E-state index in [4.69, 9.17) is 0 Å². The largest absolute Gasteiger partial charge is 0.391 e. The van der Waals surface area contributed by atoms with E-state index in [0.717, 1.165) is 16.6 Å². The van der Waals surface area contributed by atoms with E-state index in [1.807, 2.05) is 18.0 Å². The fourth-order valence-corrected chi connectivity index (χ4v) is 3.42. The molecule has 1 atom stereocenters. The van der Waals surface area contributed by atoms with Crippen LogP contribution in [0.2, 0.25) is 0 Å². The smallest absolute Gasteiger partial charge is 0.348 e. The lowest BCUT2D eigenvalue weighted by Gasteiger charge is -2.32. The summed E-state index contributed by atoms with van der Waals surface area (Å²) < 4.78 is 37.9. The number of rotatable bonds is 4. The Balaban J connectivity index is 1.94. The van der Waals surface area contributed by atoms with Crippen molar-refractivity contribution in [2.75, 3.05) is 24.5 Å². The van der Waals surface area contributed by atoms with E-state index in [2.05, 4.69) is 17.2 Å². The first-order chi connectivity index (χ1) is 9.41. The zero-order valence-corrected chi connectivity index (χ0v) is 12.5. The van der Waals surface area contributed by atoms with Crippen LogP contribution in [0.1, 0.15) is 37.6 Å². The van der Waals surface area contributed by atoms with Gasteiger partial charge >= 0.3 is 6.18 Å². The van der Waals surface area contributed by atoms with Gasteiger partial charge in [-0.05, 0) is 26.3 Å². The number of nitrogens with zero attached hydrogens (tertiary/aromatic N) is 2. The quantitative estimate of drug-likeness (QED) is 0.921. The van der Waals surface area contributed by atoms with Gasteiger partial charge in [-0.1, -0.05) is 6.92 Å². The third-order valence-corrected chi connectivity index (χ3v) is 4.92. The van der Waals surface area contributed by atoms with Gasteiger partial charge in [0.1, 0.15) is 0 Å². The van der Waals surface area contributed by atoms with Crippen molar-refractivity contribution in [2.45, 2.75) is 38.9 Å². The molecule has 1 aliphatic rings. The van der Waals surface area contributed by atoms with Crippen LogP contribution in [0.5, 0.6) is 0 Å². The SMILES string of the molecule is CCNC(C)c1cnc(N2CCC(C(F)(F)F)CC2)s1. The molecule has 20 heavy (non-hydrogen) atoms. The van der Waals surface area contributed by atoms with Crippen molar-refractivity contribution in [2.24, 2.45) is 5.92 Å². The lowest BCUT2D eigenvalue weighted by Crippen LogP contribution is -2.38. The Labute approximate surface area is 121 Å². The summed E-state index contributed by atoms with van der Waals surface area (Å²) in [6.07, 6.45) is -1.90. The maximum atomic E-state index is 12.6. The van der Waals surface area contributed by atoms with Crippen molar-refractivity contribution < 1.29 is 13.2 Å². The highest BCUT2D eigenvalue weighted by atomic mass is 32.1. The van der Waals surface area contributed by atoms with Crippen LogP contribution in [-0.2, 0) is 0 Å². The zero-order valence-electron chi connectivity index (χ0n) is 11.7. The van der Waals surface area contributed by atoms with Crippen LogP contribution in [0.25, 0.3) is 0 Å². The van der Waals surface area contributed by atoms with Gasteiger partial charge in [0.25, 0.3) is 0 Å². The molecule has 0 radical (unpaired) electrons. The molecule has 0 amide bonds. The van der Waals surface area contributed by atoms with E-state index in [1.165, 1.54) is 0 Å². The van der Waals surface area contributed by atoms with Gasteiger partial charge in [-0.2, -0.15) is 13.2 Å². The second kappa shape index (κ2) is 6.30. The molecule has 0 saturated carbocycles. The highest BCUT2D eigenvalue weighted by Gasteiger charge is 2.41. The summed E-state index contributed by atoms with van der Waals surface area (Å²) >= 11 is 1.57. The first kappa shape index (κ1) is 15.6. The molecular formula is C13H20F3N3S. The minimum Gasteiger partial charge on any atom is -0.348 e. The number of piperidine rings is 1. The maximum absolute atomic E-state index is 12.6. The molecule has 0 aromatic carbocycles. The van der Waals surface area contributed by atoms with Crippen molar-refractivity contribution in [3.63, 3.8) is 0 Å². The van der Waals surface area contributed by atoms with E-state index in [-0.39, 0.29) is 18.9 Å². The van der Waals surface area contributed by atoms with Gasteiger partial charge in [0.05, 0.1) is 5.92 Å². The molecule has 1 saturated heterocycles. The maximum Gasteiger partial charge on any atom is 0.391 e. The highest BCUT2D eigenvalue weighted by Crippen LogP contribution is 2.36. The molecule has 3 nitrogen and oxygen atoms in total. The summed E-state index contributed by atoms with van der Waals surface area (Å²) in [5.74, 6) is -1.15. The Kier molecular flexibility index (Phi) is 4.90. The van der Waals surface area contributed by atoms with Gasteiger partial charge in [-0.15, -0.1) is 11.3 Å². The molecule has 1 unspecified atom stereocenters. The monoisotopic (exact) mass is 307 g/mol. The van der Waals surface area contributed by atoms with Crippen LogP contribution in [-0.4, -0.2) is 30.8 Å². The Bertz CT molecular complexity index is 425. The summed E-state index contributed by atoms with van der Waals surface area (Å²) in [7, 11) is 0. The van der Waals surface area contributed by atoms with E-state index in [0.29, 0.717) is 13.1 Å². The van der Waals surface area contributed by atoms with Crippen molar-refractivity contribution in [1.29, 1.82) is 0 Å². The summed E-state index contributed by atoms with van der Waals surface area (Å²) in [6.45, 7) is 5.86. The number of alkyl halides is 3. The summed E-state index contributed by atoms with van der Waals surface area (Å²) in [4.78, 5) is 7.45. The van der Waals surface area contributed by atoms with Crippen LogP contribution >= 0.6 is 11.3 Å². The van der Waals surface area contributed by atoms with E-state index < -0.39 is 12.1 Å². The fraction of sp³-hybridized carbons (Fsp3) is 0.769. The molecule has 1 fully saturated rings. The average molecular weight is 307 g/mol. The molecular weight excluding hydrogens is 287 g/mol. The third-order valence-electron chi connectivity index (χ3n) is 3.68. The van der Waals surface area contributed by atoms with Gasteiger partial charge in [-0.25, -0.2) is 4.98 Å². The molecule has 2 heterocycles. The predicted octanol–water partition coefficient (Wildman–Crippen LogP) is 3.59. The Morgan fingerprint density at radius 2 is 2.10 bits per heavy atom. The number of halogens is 3. The minimum absolute atomic E-state index is 0.168. The summed E-state index contributed by atoms with van der Waals surface area (Å²) in [6, 6.07) is 0.235.